The van der Waals surface area contributed by atoms with E-state index in [0.717, 1.165) is 0 Å². The van der Waals surface area contributed by atoms with Gasteiger partial charge in [-0.15, -0.1) is 0 Å². The number of carboxylic acid groups (broad SMARTS) is 1. The number of hydrogen-bond donors (Lipinski definition) is 2. The van der Waals surface area contributed by atoms with Crippen LogP contribution in [0.3, 0.4) is 0 Å². The second-order valence-electron chi connectivity index (χ2n) is 2.84. The monoisotopic (exact) mass is 217 g/mol. The molecule has 1 aromatic rings. The third kappa shape index (κ3) is 2.60. The Balaban J connectivity index is 2.85. The Labute approximate surface area is 85.5 Å². The zero-order valence-corrected chi connectivity index (χ0v) is 8.18. The van der Waals surface area contributed by atoms with E-state index in [1.54, 1.807) is 13.0 Å². The molecule has 76 valence electrons. The molecule has 0 aliphatic rings. The lowest BCUT2D eigenvalue weighted by Crippen LogP contribution is -2.24. The molecule has 14 heavy (non-hydrogen) atoms. The fraction of sp³-hybridized carbons (Fsp3) is 0.222. The van der Waals surface area contributed by atoms with Crippen molar-refractivity contribution in [3.63, 3.8) is 0 Å². The first-order valence-corrected chi connectivity index (χ1v) is 4.33. The summed E-state index contributed by atoms with van der Waals surface area (Å²) in [5.74, 6) is -0.553. The van der Waals surface area contributed by atoms with Gasteiger partial charge in [0, 0.05) is 0 Å². The van der Waals surface area contributed by atoms with Gasteiger partial charge in [0.1, 0.15) is 5.82 Å². The molecule has 0 aromatic heterocycles. The maximum atomic E-state index is 13.0. The number of nitrogens with one attached hydrogen (secondary N) is 1. The smallest absolute Gasteiger partial charge is 0.405 e. The van der Waals surface area contributed by atoms with Crippen LogP contribution < -0.4 is 5.32 Å². The SMILES string of the molecule is CC(NC(=O)O)c1ccc(Cl)c(F)c1. The molecule has 0 saturated heterocycles. The summed E-state index contributed by atoms with van der Waals surface area (Å²) in [7, 11) is 0. The Hall–Kier alpha value is -1.29. The lowest BCUT2D eigenvalue weighted by Gasteiger charge is -2.11. The van der Waals surface area contributed by atoms with Crippen molar-refractivity contribution in [3.05, 3.63) is 34.6 Å². The standard InChI is InChI=1S/C9H9ClFNO2/c1-5(12-9(13)14)6-2-3-7(10)8(11)4-6/h2-5,12H,1H3,(H,13,14). The highest BCUT2D eigenvalue weighted by Crippen LogP contribution is 2.19. The van der Waals surface area contributed by atoms with Crippen LogP contribution >= 0.6 is 11.6 Å². The van der Waals surface area contributed by atoms with E-state index >= 15 is 0 Å². The molecule has 1 unspecified atom stereocenters. The molecule has 3 nitrogen and oxygen atoms in total. The Morgan fingerprint density at radius 3 is 2.79 bits per heavy atom. The minimum absolute atomic E-state index is 0.0243. The molecule has 1 atom stereocenters. The maximum absolute atomic E-state index is 13.0. The number of rotatable bonds is 2. The van der Waals surface area contributed by atoms with Gasteiger partial charge in [0.05, 0.1) is 11.1 Å². The molecule has 1 amide bonds. The Morgan fingerprint density at radius 1 is 1.64 bits per heavy atom. The van der Waals surface area contributed by atoms with Crippen LogP contribution in [-0.2, 0) is 0 Å². The summed E-state index contributed by atoms with van der Waals surface area (Å²) in [6.07, 6.45) is -1.15. The second kappa shape index (κ2) is 4.28. The van der Waals surface area contributed by atoms with E-state index in [2.05, 4.69) is 5.32 Å². The van der Waals surface area contributed by atoms with Gasteiger partial charge in [-0.1, -0.05) is 17.7 Å². The van der Waals surface area contributed by atoms with Crippen molar-refractivity contribution in [1.29, 1.82) is 0 Å². The quantitative estimate of drug-likeness (QED) is 0.800. The molecule has 1 aromatic carbocycles. The van der Waals surface area contributed by atoms with E-state index in [4.69, 9.17) is 16.7 Å². The maximum Gasteiger partial charge on any atom is 0.405 e. The van der Waals surface area contributed by atoms with Crippen molar-refractivity contribution >= 4 is 17.7 Å². The summed E-state index contributed by atoms with van der Waals surface area (Å²) in [5.41, 5.74) is 0.536. The van der Waals surface area contributed by atoms with Crippen LogP contribution in [0.4, 0.5) is 9.18 Å². The molecule has 0 fully saturated rings. The van der Waals surface area contributed by atoms with E-state index in [-0.39, 0.29) is 5.02 Å². The number of benzene rings is 1. The largest absolute Gasteiger partial charge is 0.465 e. The third-order valence-corrected chi connectivity index (χ3v) is 2.09. The predicted octanol–water partition coefficient (Wildman–Crippen LogP) is 2.81. The van der Waals surface area contributed by atoms with Gasteiger partial charge in [-0.2, -0.15) is 0 Å². The fourth-order valence-corrected chi connectivity index (χ4v) is 1.17. The summed E-state index contributed by atoms with van der Waals surface area (Å²) >= 11 is 5.48. The molecular weight excluding hydrogens is 209 g/mol. The summed E-state index contributed by atoms with van der Waals surface area (Å²) < 4.78 is 13.0. The first kappa shape index (κ1) is 10.8. The summed E-state index contributed by atoms with van der Waals surface area (Å²) in [5, 5.41) is 10.7. The average molecular weight is 218 g/mol. The van der Waals surface area contributed by atoms with Gasteiger partial charge in [-0.25, -0.2) is 9.18 Å². The van der Waals surface area contributed by atoms with E-state index in [1.165, 1.54) is 12.1 Å². The minimum atomic E-state index is -1.15. The number of hydrogen-bond acceptors (Lipinski definition) is 1. The van der Waals surface area contributed by atoms with Crippen LogP contribution in [0, 0.1) is 5.82 Å². The average Bonchev–Trinajstić information content (AvgIpc) is 2.08. The number of amides is 1. The van der Waals surface area contributed by atoms with Crippen molar-refractivity contribution < 1.29 is 14.3 Å². The molecule has 0 saturated carbocycles. The molecule has 0 radical (unpaired) electrons. The van der Waals surface area contributed by atoms with E-state index < -0.39 is 18.0 Å². The van der Waals surface area contributed by atoms with Gasteiger partial charge in [-0.05, 0) is 24.6 Å². The fourth-order valence-electron chi connectivity index (χ4n) is 1.05. The zero-order valence-electron chi connectivity index (χ0n) is 7.42. The lowest BCUT2D eigenvalue weighted by molar-refractivity contribution is 0.191. The molecule has 0 bridgehead atoms. The first-order chi connectivity index (χ1) is 6.50. The highest BCUT2D eigenvalue weighted by molar-refractivity contribution is 6.30. The van der Waals surface area contributed by atoms with Crippen molar-refractivity contribution in [2.24, 2.45) is 0 Å². The van der Waals surface area contributed by atoms with Gasteiger partial charge in [0.15, 0.2) is 0 Å². The van der Waals surface area contributed by atoms with Gasteiger partial charge < -0.3 is 10.4 Å². The van der Waals surface area contributed by atoms with Gasteiger partial charge in [0.2, 0.25) is 0 Å². The summed E-state index contributed by atoms with van der Waals surface area (Å²) in [6, 6.07) is 3.72. The van der Waals surface area contributed by atoms with Crippen LogP contribution in [0.1, 0.15) is 18.5 Å². The van der Waals surface area contributed by atoms with Crippen LogP contribution in [0.15, 0.2) is 18.2 Å². The topological polar surface area (TPSA) is 49.3 Å². The summed E-state index contributed by atoms with van der Waals surface area (Å²) in [4.78, 5) is 10.3. The molecular formula is C9H9ClFNO2. The first-order valence-electron chi connectivity index (χ1n) is 3.95. The Kier molecular flexibility index (Phi) is 3.30. The molecule has 0 aliphatic carbocycles. The number of halogens is 2. The van der Waals surface area contributed by atoms with Crippen molar-refractivity contribution in [1.82, 2.24) is 5.32 Å². The van der Waals surface area contributed by atoms with Crippen LogP contribution in [-0.4, -0.2) is 11.2 Å². The zero-order chi connectivity index (χ0) is 10.7. The van der Waals surface area contributed by atoms with Crippen molar-refractivity contribution in [2.45, 2.75) is 13.0 Å². The molecule has 0 aliphatic heterocycles. The van der Waals surface area contributed by atoms with Crippen LogP contribution in [0.5, 0.6) is 0 Å². The van der Waals surface area contributed by atoms with Gasteiger partial charge in [-0.3, -0.25) is 0 Å². The van der Waals surface area contributed by atoms with Crippen molar-refractivity contribution in [3.8, 4) is 0 Å². The predicted molar refractivity (Wildman–Crippen MR) is 51.0 cm³/mol. The van der Waals surface area contributed by atoms with Crippen LogP contribution in [0.25, 0.3) is 0 Å². The summed E-state index contributed by atoms with van der Waals surface area (Å²) in [6.45, 7) is 1.62. The van der Waals surface area contributed by atoms with E-state index in [0.29, 0.717) is 5.56 Å². The van der Waals surface area contributed by atoms with Gasteiger partial charge >= 0.3 is 6.09 Å². The van der Waals surface area contributed by atoms with Crippen LogP contribution in [0.2, 0.25) is 5.02 Å². The van der Waals surface area contributed by atoms with E-state index in [9.17, 15) is 9.18 Å². The third-order valence-electron chi connectivity index (χ3n) is 1.78. The molecule has 2 N–H and O–H groups in total. The second-order valence-corrected chi connectivity index (χ2v) is 3.25. The molecule has 1 rings (SSSR count). The Morgan fingerprint density at radius 2 is 2.29 bits per heavy atom. The highest BCUT2D eigenvalue weighted by atomic mass is 35.5. The lowest BCUT2D eigenvalue weighted by atomic mass is 10.1. The highest BCUT2D eigenvalue weighted by Gasteiger charge is 2.09. The molecule has 0 heterocycles. The van der Waals surface area contributed by atoms with Crippen molar-refractivity contribution in [2.75, 3.05) is 0 Å². The van der Waals surface area contributed by atoms with E-state index in [1.807, 2.05) is 0 Å². The molecule has 5 heteroatoms. The number of carbonyl (C=O) groups is 1. The molecule has 0 spiro atoms. The van der Waals surface area contributed by atoms with Gasteiger partial charge in [0.25, 0.3) is 0 Å². The minimum Gasteiger partial charge on any atom is -0.465 e. The Bertz CT molecular complexity index is 357. The normalized spacial score (nSPS) is 12.2.